The summed E-state index contributed by atoms with van der Waals surface area (Å²) in [5.74, 6) is -0.683. The van der Waals surface area contributed by atoms with Gasteiger partial charge in [-0.1, -0.05) is 29.8 Å². The van der Waals surface area contributed by atoms with Crippen LogP contribution in [0.2, 0.25) is 5.02 Å². The standard InChI is InChI=1S/C30H32ClN5O5S/c31-23-9-12-27-25(17-23)26(33-36(27)29-6-2-4-16-41-29)18-32-30(38)22-13-15-35(20-22)42(39,40)24-10-7-21(8-11-24)19-34-14-3-1-5-28(34)37/h1,3,5,7-12,14,17,22,29H,2,4,6,13,15-16,18-20H2,(H,32,38). The van der Waals surface area contributed by atoms with Gasteiger partial charge < -0.3 is 14.6 Å². The van der Waals surface area contributed by atoms with Gasteiger partial charge in [0, 0.05) is 42.4 Å². The fourth-order valence-corrected chi connectivity index (χ4v) is 7.30. The smallest absolute Gasteiger partial charge is 0.250 e. The maximum atomic E-state index is 13.3. The molecule has 4 aromatic rings. The first-order valence-electron chi connectivity index (χ1n) is 14.1. The van der Waals surface area contributed by atoms with Gasteiger partial charge in [0.1, 0.15) is 0 Å². The Morgan fingerprint density at radius 1 is 1.07 bits per heavy atom. The Balaban J connectivity index is 1.10. The topological polar surface area (TPSA) is 116 Å². The van der Waals surface area contributed by atoms with E-state index in [4.69, 9.17) is 21.4 Å². The monoisotopic (exact) mass is 609 g/mol. The van der Waals surface area contributed by atoms with E-state index in [2.05, 4.69) is 5.32 Å². The fraction of sp³-hybridized carbons (Fsp3) is 0.367. The zero-order valence-electron chi connectivity index (χ0n) is 23.0. The first kappa shape index (κ1) is 28.6. The molecule has 0 bridgehead atoms. The van der Waals surface area contributed by atoms with Crippen LogP contribution >= 0.6 is 11.6 Å². The molecule has 2 atom stereocenters. The molecule has 4 heterocycles. The molecule has 2 aromatic carbocycles. The van der Waals surface area contributed by atoms with E-state index in [1.807, 2.05) is 22.9 Å². The summed E-state index contributed by atoms with van der Waals surface area (Å²) in [6, 6.07) is 17.0. The van der Waals surface area contributed by atoms with Crippen LogP contribution in [0.4, 0.5) is 0 Å². The van der Waals surface area contributed by atoms with Crippen LogP contribution in [-0.4, -0.2) is 52.7 Å². The average Bonchev–Trinajstić information content (AvgIpc) is 3.64. The van der Waals surface area contributed by atoms with Gasteiger partial charge in [-0.25, -0.2) is 13.1 Å². The summed E-state index contributed by atoms with van der Waals surface area (Å²) in [5, 5.41) is 9.18. The molecule has 2 saturated heterocycles. The van der Waals surface area contributed by atoms with Crippen molar-refractivity contribution in [1.29, 1.82) is 0 Å². The number of pyridine rings is 1. The Bertz CT molecular complexity index is 1760. The molecular weight excluding hydrogens is 578 g/mol. The minimum atomic E-state index is -3.77. The predicted molar refractivity (Wildman–Crippen MR) is 159 cm³/mol. The predicted octanol–water partition coefficient (Wildman–Crippen LogP) is 3.93. The summed E-state index contributed by atoms with van der Waals surface area (Å²) in [4.78, 5) is 25.3. The van der Waals surface area contributed by atoms with Gasteiger partial charge in [0.15, 0.2) is 6.23 Å². The highest BCUT2D eigenvalue weighted by Gasteiger charge is 2.36. The molecule has 0 radical (unpaired) electrons. The number of hydrogen-bond donors (Lipinski definition) is 1. The number of amides is 1. The fourth-order valence-electron chi connectivity index (χ4n) is 5.62. The molecule has 1 amide bonds. The van der Waals surface area contributed by atoms with Crippen molar-refractivity contribution in [1.82, 2.24) is 24.0 Å². The Kier molecular flexibility index (Phi) is 8.17. The number of halogens is 1. The number of sulfonamides is 1. The molecule has 2 unspecified atom stereocenters. The molecule has 10 nitrogen and oxygen atoms in total. The number of ether oxygens (including phenoxy) is 1. The highest BCUT2D eigenvalue weighted by atomic mass is 35.5. The van der Waals surface area contributed by atoms with E-state index in [9.17, 15) is 18.0 Å². The summed E-state index contributed by atoms with van der Waals surface area (Å²) in [6.45, 7) is 1.59. The quantitative estimate of drug-likeness (QED) is 0.324. The van der Waals surface area contributed by atoms with Crippen molar-refractivity contribution in [2.45, 2.75) is 49.9 Å². The number of carbonyl (C=O) groups is 1. The molecule has 2 aliphatic rings. The highest BCUT2D eigenvalue weighted by molar-refractivity contribution is 7.89. The van der Waals surface area contributed by atoms with Crippen LogP contribution < -0.4 is 10.9 Å². The van der Waals surface area contributed by atoms with Crippen molar-refractivity contribution in [3.63, 3.8) is 0 Å². The number of rotatable bonds is 8. The Morgan fingerprint density at radius 3 is 2.67 bits per heavy atom. The number of fused-ring (bicyclic) bond motifs is 1. The van der Waals surface area contributed by atoms with Crippen LogP contribution in [0, 0.1) is 5.92 Å². The molecule has 0 saturated carbocycles. The molecule has 2 fully saturated rings. The molecule has 2 aliphatic heterocycles. The van der Waals surface area contributed by atoms with Crippen molar-refractivity contribution in [3.8, 4) is 0 Å². The Morgan fingerprint density at radius 2 is 1.90 bits per heavy atom. The second-order valence-electron chi connectivity index (χ2n) is 10.8. The maximum Gasteiger partial charge on any atom is 0.250 e. The van der Waals surface area contributed by atoms with Crippen LogP contribution in [0.15, 0.2) is 76.6 Å². The average molecular weight is 610 g/mol. The second kappa shape index (κ2) is 12.0. The van der Waals surface area contributed by atoms with Crippen LogP contribution in [0.1, 0.15) is 43.2 Å². The van der Waals surface area contributed by atoms with Crippen molar-refractivity contribution < 1.29 is 17.9 Å². The number of aromatic nitrogens is 3. The number of nitrogens with zero attached hydrogens (tertiary/aromatic N) is 4. The summed E-state index contributed by atoms with van der Waals surface area (Å²) in [7, 11) is -3.77. The molecular formula is C30H32ClN5O5S. The van der Waals surface area contributed by atoms with Gasteiger partial charge in [-0.2, -0.15) is 9.40 Å². The Labute approximate surface area is 248 Å². The number of carbonyl (C=O) groups excluding carboxylic acids is 1. The molecule has 6 rings (SSSR count). The van der Waals surface area contributed by atoms with Gasteiger partial charge in [0.2, 0.25) is 15.9 Å². The van der Waals surface area contributed by atoms with Gasteiger partial charge in [-0.05, 0) is 67.6 Å². The lowest BCUT2D eigenvalue weighted by molar-refractivity contribution is -0.124. The Hall–Kier alpha value is -3.51. The van der Waals surface area contributed by atoms with Gasteiger partial charge in [-0.3, -0.25) is 9.59 Å². The third-order valence-electron chi connectivity index (χ3n) is 7.94. The number of hydrogen-bond acceptors (Lipinski definition) is 6. The van der Waals surface area contributed by atoms with Gasteiger partial charge >= 0.3 is 0 Å². The van der Waals surface area contributed by atoms with E-state index in [0.717, 1.165) is 35.7 Å². The summed E-state index contributed by atoms with van der Waals surface area (Å²) in [6.07, 6.45) is 4.92. The third kappa shape index (κ3) is 5.87. The number of benzene rings is 2. The van der Waals surface area contributed by atoms with Crippen LogP contribution in [-0.2, 0) is 32.6 Å². The molecule has 2 aromatic heterocycles. The molecule has 0 spiro atoms. The first-order valence-corrected chi connectivity index (χ1v) is 15.9. The van der Waals surface area contributed by atoms with E-state index < -0.39 is 15.9 Å². The first-order chi connectivity index (χ1) is 20.3. The van der Waals surface area contributed by atoms with Gasteiger partial charge in [-0.15, -0.1) is 0 Å². The second-order valence-corrected chi connectivity index (χ2v) is 13.1. The molecule has 0 aliphatic carbocycles. The summed E-state index contributed by atoms with van der Waals surface area (Å²) >= 11 is 6.28. The van der Waals surface area contributed by atoms with Crippen molar-refractivity contribution >= 4 is 38.4 Å². The normalized spacial score (nSPS) is 19.7. The zero-order chi connectivity index (χ0) is 29.3. The molecule has 12 heteroatoms. The minimum Gasteiger partial charge on any atom is -0.356 e. The van der Waals surface area contributed by atoms with Crippen LogP contribution in [0.25, 0.3) is 10.9 Å². The van der Waals surface area contributed by atoms with Crippen molar-refractivity contribution in [2.75, 3.05) is 19.7 Å². The third-order valence-corrected chi connectivity index (χ3v) is 10.1. The van der Waals surface area contributed by atoms with Crippen molar-refractivity contribution in [3.05, 3.63) is 93.5 Å². The lowest BCUT2D eigenvalue weighted by Gasteiger charge is -2.23. The van der Waals surface area contributed by atoms with E-state index in [-0.39, 0.29) is 42.2 Å². The van der Waals surface area contributed by atoms with E-state index in [1.54, 1.807) is 47.2 Å². The highest BCUT2D eigenvalue weighted by Crippen LogP contribution is 2.30. The van der Waals surface area contributed by atoms with Crippen LogP contribution in [0.3, 0.4) is 0 Å². The van der Waals surface area contributed by atoms with E-state index >= 15 is 0 Å². The maximum absolute atomic E-state index is 13.3. The van der Waals surface area contributed by atoms with E-state index in [1.165, 1.54) is 10.4 Å². The molecule has 42 heavy (non-hydrogen) atoms. The van der Waals surface area contributed by atoms with Crippen LogP contribution in [0.5, 0.6) is 0 Å². The molecule has 220 valence electrons. The summed E-state index contributed by atoms with van der Waals surface area (Å²) < 4.78 is 37.4. The van der Waals surface area contributed by atoms with Crippen molar-refractivity contribution in [2.24, 2.45) is 5.92 Å². The summed E-state index contributed by atoms with van der Waals surface area (Å²) in [5.41, 5.74) is 2.28. The SMILES string of the molecule is O=C(NCc1nn(C2CCCCO2)c2ccc(Cl)cc12)C1CCN(S(=O)(=O)c2ccc(Cn3ccccc3=O)cc2)C1. The largest absolute Gasteiger partial charge is 0.356 e. The lowest BCUT2D eigenvalue weighted by atomic mass is 10.1. The minimum absolute atomic E-state index is 0.103. The zero-order valence-corrected chi connectivity index (χ0v) is 24.6. The lowest BCUT2D eigenvalue weighted by Crippen LogP contribution is -2.34. The van der Waals surface area contributed by atoms with E-state index in [0.29, 0.717) is 30.3 Å². The van der Waals surface area contributed by atoms with Gasteiger partial charge in [0.05, 0.1) is 35.1 Å². The molecule has 1 N–H and O–H groups in total. The van der Waals surface area contributed by atoms with Gasteiger partial charge in [0.25, 0.3) is 5.56 Å². The number of nitrogens with one attached hydrogen (secondary N) is 1.